The van der Waals surface area contributed by atoms with E-state index in [0.29, 0.717) is 5.88 Å². The molecule has 4 rings (SSSR count). The van der Waals surface area contributed by atoms with Gasteiger partial charge in [0.15, 0.2) is 0 Å². The standard InChI is InChI=1S/C19H17N3O2/c1-13-11-15(3-4-17(13)22-9-8-20-12-14(22)2)24-19-16-6-10-23-18(16)5-7-21-19/h3-8,10-12H,9H2,1-2H3. The molecule has 2 aromatic heterocycles. The summed E-state index contributed by atoms with van der Waals surface area (Å²) in [7, 11) is 0. The first-order valence-electron chi connectivity index (χ1n) is 7.79. The molecule has 0 saturated carbocycles. The van der Waals surface area contributed by atoms with Gasteiger partial charge < -0.3 is 14.1 Å². The van der Waals surface area contributed by atoms with Crippen molar-refractivity contribution in [2.24, 2.45) is 4.99 Å². The lowest BCUT2D eigenvalue weighted by Gasteiger charge is -2.27. The summed E-state index contributed by atoms with van der Waals surface area (Å²) < 4.78 is 11.4. The maximum Gasteiger partial charge on any atom is 0.230 e. The lowest BCUT2D eigenvalue weighted by atomic mass is 10.1. The van der Waals surface area contributed by atoms with Crippen molar-refractivity contribution in [3.05, 3.63) is 60.3 Å². The molecule has 0 N–H and O–H groups in total. The average Bonchev–Trinajstić information content (AvgIpc) is 3.06. The molecule has 1 aliphatic rings. The minimum atomic E-state index is 0.551. The van der Waals surface area contributed by atoms with Gasteiger partial charge in [-0.15, -0.1) is 0 Å². The highest BCUT2D eigenvalue weighted by molar-refractivity contribution is 5.82. The van der Waals surface area contributed by atoms with Crippen LogP contribution in [0.5, 0.6) is 11.6 Å². The Bertz CT molecular complexity index is 956. The Hall–Kier alpha value is -3.08. The SMILES string of the molecule is CC1=CN=CCN1c1ccc(Oc2nccc3occc23)cc1C. The molecule has 0 amide bonds. The maximum atomic E-state index is 5.97. The van der Waals surface area contributed by atoms with Gasteiger partial charge in [-0.2, -0.15) is 0 Å². The van der Waals surface area contributed by atoms with Gasteiger partial charge in [-0.25, -0.2) is 4.98 Å². The van der Waals surface area contributed by atoms with Crippen LogP contribution in [-0.4, -0.2) is 17.7 Å². The van der Waals surface area contributed by atoms with Crippen molar-refractivity contribution in [2.45, 2.75) is 13.8 Å². The zero-order chi connectivity index (χ0) is 16.5. The Kier molecular flexibility index (Phi) is 3.54. The molecule has 0 aliphatic carbocycles. The third-order valence-corrected chi connectivity index (χ3v) is 4.07. The van der Waals surface area contributed by atoms with Gasteiger partial charge in [-0.1, -0.05) is 0 Å². The van der Waals surface area contributed by atoms with E-state index in [-0.39, 0.29) is 0 Å². The van der Waals surface area contributed by atoms with Gasteiger partial charge in [-0.3, -0.25) is 4.99 Å². The fourth-order valence-corrected chi connectivity index (χ4v) is 2.85. The fraction of sp³-hybridized carbons (Fsp3) is 0.158. The van der Waals surface area contributed by atoms with Gasteiger partial charge in [0.05, 0.1) is 18.2 Å². The number of pyridine rings is 1. The van der Waals surface area contributed by atoms with Gasteiger partial charge in [0.1, 0.15) is 11.3 Å². The van der Waals surface area contributed by atoms with Gasteiger partial charge >= 0.3 is 0 Å². The third-order valence-electron chi connectivity index (χ3n) is 4.07. The Morgan fingerprint density at radius 1 is 1.17 bits per heavy atom. The molecule has 24 heavy (non-hydrogen) atoms. The van der Waals surface area contributed by atoms with Crippen molar-refractivity contribution in [1.82, 2.24) is 4.98 Å². The van der Waals surface area contributed by atoms with Crippen molar-refractivity contribution in [2.75, 3.05) is 11.4 Å². The number of furan rings is 1. The van der Waals surface area contributed by atoms with Crippen LogP contribution in [0.3, 0.4) is 0 Å². The minimum absolute atomic E-state index is 0.551. The Labute approximate surface area is 139 Å². The van der Waals surface area contributed by atoms with Crippen LogP contribution in [0.15, 0.2) is 64.1 Å². The molecule has 1 aromatic carbocycles. The van der Waals surface area contributed by atoms with Crippen LogP contribution in [-0.2, 0) is 0 Å². The van der Waals surface area contributed by atoms with Gasteiger partial charge in [0, 0.05) is 30.0 Å². The van der Waals surface area contributed by atoms with Gasteiger partial charge in [-0.05, 0) is 49.7 Å². The summed E-state index contributed by atoms with van der Waals surface area (Å²) in [6.07, 6.45) is 7.10. The van der Waals surface area contributed by atoms with Crippen LogP contribution in [0, 0.1) is 6.92 Å². The highest BCUT2D eigenvalue weighted by atomic mass is 16.5. The van der Waals surface area contributed by atoms with Crippen LogP contribution in [0.25, 0.3) is 11.0 Å². The number of rotatable bonds is 3. The van der Waals surface area contributed by atoms with Crippen LogP contribution in [0.4, 0.5) is 5.69 Å². The quantitative estimate of drug-likeness (QED) is 0.703. The number of fused-ring (bicyclic) bond motifs is 1. The van der Waals surface area contributed by atoms with E-state index in [1.807, 2.05) is 36.7 Å². The third kappa shape index (κ3) is 2.54. The maximum absolute atomic E-state index is 5.97. The van der Waals surface area contributed by atoms with E-state index in [0.717, 1.165) is 40.2 Å². The number of aryl methyl sites for hydroxylation is 1. The smallest absolute Gasteiger partial charge is 0.230 e. The zero-order valence-electron chi connectivity index (χ0n) is 13.6. The van der Waals surface area contributed by atoms with Gasteiger partial charge in [0.2, 0.25) is 5.88 Å². The highest BCUT2D eigenvalue weighted by Crippen LogP contribution is 2.32. The van der Waals surface area contributed by atoms with Crippen molar-refractivity contribution >= 4 is 22.9 Å². The van der Waals surface area contributed by atoms with Crippen molar-refractivity contribution in [1.29, 1.82) is 0 Å². The number of aliphatic imine (C=N–C) groups is 1. The fourth-order valence-electron chi connectivity index (χ4n) is 2.85. The van der Waals surface area contributed by atoms with Crippen molar-refractivity contribution < 1.29 is 9.15 Å². The first-order chi connectivity index (χ1) is 11.7. The predicted octanol–water partition coefficient (Wildman–Crippen LogP) is 4.68. The second kappa shape index (κ2) is 5.85. The largest absolute Gasteiger partial charge is 0.464 e. The monoisotopic (exact) mass is 319 g/mol. The second-order valence-corrected chi connectivity index (χ2v) is 5.71. The van der Waals surface area contributed by atoms with E-state index < -0.39 is 0 Å². The molecule has 0 radical (unpaired) electrons. The van der Waals surface area contributed by atoms with E-state index >= 15 is 0 Å². The number of ether oxygens (including phenoxy) is 1. The molecule has 5 nitrogen and oxygen atoms in total. The number of hydrogen-bond acceptors (Lipinski definition) is 5. The number of hydrogen-bond donors (Lipinski definition) is 0. The lowest BCUT2D eigenvalue weighted by Crippen LogP contribution is -2.25. The normalized spacial score (nSPS) is 14.1. The van der Waals surface area contributed by atoms with E-state index in [2.05, 4.69) is 34.8 Å². The molecule has 3 aromatic rings. The second-order valence-electron chi connectivity index (χ2n) is 5.71. The molecule has 3 heterocycles. The summed E-state index contributed by atoms with van der Waals surface area (Å²) in [5, 5.41) is 0.866. The van der Waals surface area contributed by atoms with Crippen LogP contribution < -0.4 is 9.64 Å². The van der Waals surface area contributed by atoms with E-state index in [1.165, 1.54) is 0 Å². The minimum Gasteiger partial charge on any atom is -0.464 e. The summed E-state index contributed by atoms with van der Waals surface area (Å²) in [5.74, 6) is 1.30. The first-order valence-corrected chi connectivity index (χ1v) is 7.79. The Balaban J connectivity index is 1.64. The number of benzene rings is 1. The number of nitrogens with zero attached hydrogens (tertiary/aromatic N) is 3. The number of aromatic nitrogens is 1. The topological polar surface area (TPSA) is 50.9 Å². The van der Waals surface area contributed by atoms with E-state index in [4.69, 9.17) is 9.15 Å². The van der Waals surface area contributed by atoms with E-state index in [1.54, 1.807) is 12.5 Å². The summed E-state index contributed by atoms with van der Waals surface area (Å²) >= 11 is 0. The Morgan fingerprint density at radius 2 is 2.08 bits per heavy atom. The highest BCUT2D eigenvalue weighted by Gasteiger charge is 2.14. The molecule has 0 fully saturated rings. The average molecular weight is 319 g/mol. The molecule has 0 bridgehead atoms. The number of allylic oxidation sites excluding steroid dienone is 1. The molecule has 5 heteroatoms. The summed E-state index contributed by atoms with van der Waals surface area (Å²) in [4.78, 5) is 10.7. The summed E-state index contributed by atoms with van der Waals surface area (Å²) in [6.45, 7) is 4.91. The number of anilines is 1. The molecule has 120 valence electrons. The van der Waals surface area contributed by atoms with Crippen molar-refractivity contribution in [3.8, 4) is 11.6 Å². The summed E-state index contributed by atoms with van der Waals surface area (Å²) in [5.41, 5.74) is 4.17. The Morgan fingerprint density at radius 3 is 2.92 bits per heavy atom. The molecule has 1 aliphatic heterocycles. The molecule has 0 spiro atoms. The molecule has 0 saturated heterocycles. The van der Waals surface area contributed by atoms with Crippen LogP contribution >= 0.6 is 0 Å². The van der Waals surface area contributed by atoms with Crippen molar-refractivity contribution in [3.63, 3.8) is 0 Å². The van der Waals surface area contributed by atoms with E-state index in [9.17, 15) is 0 Å². The molecule has 0 unspecified atom stereocenters. The van der Waals surface area contributed by atoms with Crippen LogP contribution in [0.1, 0.15) is 12.5 Å². The lowest BCUT2D eigenvalue weighted by molar-refractivity contribution is 0.468. The zero-order valence-corrected chi connectivity index (χ0v) is 13.6. The predicted molar refractivity (Wildman–Crippen MR) is 94.9 cm³/mol. The molecular weight excluding hydrogens is 302 g/mol. The van der Waals surface area contributed by atoms with Crippen LogP contribution in [0.2, 0.25) is 0 Å². The van der Waals surface area contributed by atoms with Gasteiger partial charge in [0.25, 0.3) is 0 Å². The molecular formula is C19H17N3O2. The summed E-state index contributed by atoms with van der Waals surface area (Å²) in [6, 6.07) is 9.73. The molecule has 0 atom stereocenters. The first kappa shape index (κ1) is 14.5.